The number of pyridine rings is 1. The lowest BCUT2D eigenvalue weighted by Gasteiger charge is -2.20. The minimum absolute atomic E-state index is 0.151. The molecule has 2 aromatic rings. The summed E-state index contributed by atoms with van der Waals surface area (Å²) in [4.78, 5) is 4.10. The van der Waals surface area contributed by atoms with Gasteiger partial charge in [-0.05, 0) is 41.8 Å². The summed E-state index contributed by atoms with van der Waals surface area (Å²) in [7, 11) is 3.25. The molecule has 0 radical (unpaired) electrons. The molecule has 1 atom stereocenters. The van der Waals surface area contributed by atoms with Crippen LogP contribution in [0, 0.1) is 6.92 Å². The molecule has 5 heteroatoms. The van der Waals surface area contributed by atoms with Gasteiger partial charge in [0.25, 0.3) is 0 Å². The van der Waals surface area contributed by atoms with Gasteiger partial charge in [-0.3, -0.25) is 10.8 Å². The average Bonchev–Trinajstić information content (AvgIpc) is 2.49. The van der Waals surface area contributed by atoms with E-state index in [1.54, 1.807) is 20.4 Å². The molecule has 1 heterocycles. The molecular weight excluding hydrogens is 254 g/mol. The van der Waals surface area contributed by atoms with Crippen molar-refractivity contribution >= 4 is 0 Å². The highest BCUT2D eigenvalue weighted by Gasteiger charge is 2.16. The highest BCUT2D eigenvalue weighted by atomic mass is 16.5. The van der Waals surface area contributed by atoms with E-state index in [-0.39, 0.29) is 6.04 Å². The quantitative estimate of drug-likeness (QED) is 0.644. The number of nitrogens with zero attached hydrogens (tertiary/aromatic N) is 1. The molecule has 106 valence electrons. The Morgan fingerprint density at radius 3 is 2.30 bits per heavy atom. The van der Waals surface area contributed by atoms with E-state index in [0.29, 0.717) is 0 Å². The van der Waals surface area contributed by atoms with Crippen LogP contribution in [0.4, 0.5) is 0 Å². The van der Waals surface area contributed by atoms with Crippen molar-refractivity contribution in [2.24, 2.45) is 5.84 Å². The van der Waals surface area contributed by atoms with Crippen molar-refractivity contribution < 1.29 is 9.47 Å². The molecule has 5 nitrogen and oxygen atoms in total. The first-order valence-corrected chi connectivity index (χ1v) is 6.29. The molecule has 0 aliphatic heterocycles. The Morgan fingerprint density at radius 1 is 1.15 bits per heavy atom. The summed E-state index contributed by atoms with van der Waals surface area (Å²) in [5.41, 5.74) is 5.94. The second-order valence-corrected chi connectivity index (χ2v) is 4.48. The lowest BCUT2D eigenvalue weighted by Crippen LogP contribution is -2.29. The Kier molecular flexibility index (Phi) is 4.55. The van der Waals surface area contributed by atoms with Crippen LogP contribution >= 0.6 is 0 Å². The van der Waals surface area contributed by atoms with E-state index in [9.17, 15) is 0 Å². The second kappa shape index (κ2) is 6.36. The van der Waals surface area contributed by atoms with Crippen LogP contribution in [0.2, 0.25) is 0 Å². The van der Waals surface area contributed by atoms with Crippen LogP contribution in [-0.4, -0.2) is 19.2 Å². The van der Waals surface area contributed by atoms with Gasteiger partial charge in [0.2, 0.25) is 0 Å². The van der Waals surface area contributed by atoms with E-state index in [2.05, 4.69) is 10.4 Å². The molecule has 0 bridgehead atoms. The maximum atomic E-state index is 5.74. The summed E-state index contributed by atoms with van der Waals surface area (Å²) in [6, 6.07) is 7.50. The monoisotopic (exact) mass is 273 g/mol. The summed E-state index contributed by atoms with van der Waals surface area (Å²) >= 11 is 0. The first kappa shape index (κ1) is 14.3. The largest absolute Gasteiger partial charge is 0.497 e. The van der Waals surface area contributed by atoms with E-state index >= 15 is 0 Å². The molecular formula is C15H19N3O2. The number of hydrogen-bond donors (Lipinski definition) is 2. The van der Waals surface area contributed by atoms with Gasteiger partial charge < -0.3 is 9.47 Å². The predicted octanol–water partition coefficient (Wildman–Crippen LogP) is 1.96. The SMILES string of the molecule is COc1cc(OC)cc(C(NN)c2ccncc2C)c1. The third-order valence-electron chi connectivity index (χ3n) is 3.25. The zero-order chi connectivity index (χ0) is 14.5. The van der Waals surface area contributed by atoms with Gasteiger partial charge >= 0.3 is 0 Å². The highest BCUT2D eigenvalue weighted by Crippen LogP contribution is 2.30. The topological polar surface area (TPSA) is 69.4 Å². The number of nitrogens with two attached hydrogens (primary N) is 1. The van der Waals surface area contributed by atoms with Crippen molar-refractivity contribution in [3.63, 3.8) is 0 Å². The Balaban J connectivity index is 2.49. The molecule has 0 saturated carbocycles. The van der Waals surface area contributed by atoms with Crippen LogP contribution in [0.15, 0.2) is 36.7 Å². The first-order chi connectivity index (χ1) is 9.69. The Bertz CT molecular complexity index is 565. The summed E-state index contributed by atoms with van der Waals surface area (Å²) in [6.45, 7) is 2.00. The van der Waals surface area contributed by atoms with Crippen LogP contribution in [0.5, 0.6) is 11.5 Å². The highest BCUT2D eigenvalue weighted by molar-refractivity contribution is 5.44. The number of hydrazine groups is 1. The number of aryl methyl sites for hydroxylation is 1. The molecule has 1 aromatic carbocycles. The van der Waals surface area contributed by atoms with Crippen molar-refractivity contribution in [1.82, 2.24) is 10.4 Å². The standard InChI is InChI=1S/C15H19N3O2/c1-10-9-17-5-4-14(10)15(18-16)11-6-12(19-2)8-13(7-11)20-3/h4-9,15,18H,16H2,1-3H3. The zero-order valence-electron chi connectivity index (χ0n) is 11.9. The molecule has 0 aliphatic rings. The Labute approximate surface area is 118 Å². The third-order valence-corrected chi connectivity index (χ3v) is 3.25. The van der Waals surface area contributed by atoms with Gasteiger partial charge in [0.05, 0.1) is 20.3 Å². The Morgan fingerprint density at radius 2 is 1.80 bits per heavy atom. The van der Waals surface area contributed by atoms with Gasteiger partial charge in [0.1, 0.15) is 11.5 Å². The number of nitrogens with one attached hydrogen (secondary N) is 1. The lowest BCUT2D eigenvalue weighted by atomic mass is 9.96. The first-order valence-electron chi connectivity index (χ1n) is 6.29. The van der Waals surface area contributed by atoms with Crippen molar-refractivity contribution in [1.29, 1.82) is 0 Å². The number of methoxy groups -OCH3 is 2. The van der Waals surface area contributed by atoms with Gasteiger partial charge in [-0.1, -0.05) is 0 Å². The maximum Gasteiger partial charge on any atom is 0.122 e. The fourth-order valence-electron chi connectivity index (χ4n) is 2.17. The summed E-state index contributed by atoms with van der Waals surface area (Å²) in [5.74, 6) is 7.19. The van der Waals surface area contributed by atoms with Gasteiger partial charge in [0.15, 0.2) is 0 Å². The average molecular weight is 273 g/mol. The number of hydrogen-bond acceptors (Lipinski definition) is 5. The van der Waals surface area contributed by atoms with Crippen LogP contribution in [-0.2, 0) is 0 Å². The van der Waals surface area contributed by atoms with Crippen molar-refractivity contribution in [2.75, 3.05) is 14.2 Å². The van der Waals surface area contributed by atoms with Crippen molar-refractivity contribution in [3.8, 4) is 11.5 Å². The van der Waals surface area contributed by atoms with Crippen LogP contribution in [0.1, 0.15) is 22.7 Å². The normalized spacial score (nSPS) is 12.0. The summed E-state index contributed by atoms with van der Waals surface area (Å²) in [5, 5.41) is 0. The minimum Gasteiger partial charge on any atom is -0.497 e. The van der Waals surface area contributed by atoms with Gasteiger partial charge in [-0.2, -0.15) is 0 Å². The van der Waals surface area contributed by atoms with Gasteiger partial charge in [0, 0.05) is 18.5 Å². The predicted molar refractivity (Wildman–Crippen MR) is 77.7 cm³/mol. The molecule has 0 spiro atoms. The van der Waals surface area contributed by atoms with E-state index < -0.39 is 0 Å². The van der Waals surface area contributed by atoms with Crippen LogP contribution < -0.4 is 20.7 Å². The molecule has 2 rings (SSSR count). The molecule has 20 heavy (non-hydrogen) atoms. The second-order valence-electron chi connectivity index (χ2n) is 4.48. The number of ether oxygens (including phenoxy) is 2. The number of rotatable bonds is 5. The minimum atomic E-state index is -0.151. The smallest absolute Gasteiger partial charge is 0.122 e. The third kappa shape index (κ3) is 2.89. The molecule has 0 amide bonds. The molecule has 1 unspecified atom stereocenters. The van der Waals surface area contributed by atoms with Crippen LogP contribution in [0.25, 0.3) is 0 Å². The summed E-state index contributed by atoms with van der Waals surface area (Å²) in [6.07, 6.45) is 3.57. The molecule has 0 aliphatic carbocycles. The van der Waals surface area contributed by atoms with Gasteiger partial charge in [-0.15, -0.1) is 0 Å². The van der Waals surface area contributed by atoms with Crippen molar-refractivity contribution in [3.05, 3.63) is 53.3 Å². The molecule has 0 fully saturated rings. The fraction of sp³-hybridized carbons (Fsp3) is 0.267. The van der Waals surface area contributed by atoms with Crippen molar-refractivity contribution in [2.45, 2.75) is 13.0 Å². The Hall–Kier alpha value is -2.11. The fourth-order valence-corrected chi connectivity index (χ4v) is 2.17. The molecule has 1 aromatic heterocycles. The number of benzene rings is 1. The van der Waals surface area contributed by atoms with E-state index in [0.717, 1.165) is 28.2 Å². The summed E-state index contributed by atoms with van der Waals surface area (Å²) < 4.78 is 10.6. The maximum absolute atomic E-state index is 5.74. The lowest BCUT2D eigenvalue weighted by molar-refractivity contribution is 0.392. The van der Waals surface area contributed by atoms with E-state index in [1.807, 2.05) is 37.4 Å². The molecule has 3 N–H and O–H groups in total. The van der Waals surface area contributed by atoms with E-state index in [1.165, 1.54) is 0 Å². The van der Waals surface area contributed by atoms with Crippen LogP contribution in [0.3, 0.4) is 0 Å². The zero-order valence-corrected chi connectivity index (χ0v) is 11.9. The number of aromatic nitrogens is 1. The van der Waals surface area contributed by atoms with Gasteiger partial charge in [-0.25, -0.2) is 5.43 Å². The van der Waals surface area contributed by atoms with E-state index in [4.69, 9.17) is 15.3 Å². The molecule has 0 saturated heterocycles.